The maximum atomic E-state index is 11.4. The van der Waals surface area contributed by atoms with Gasteiger partial charge in [-0.1, -0.05) is 13.0 Å². The summed E-state index contributed by atoms with van der Waals surface area (Å²) in [6, 6.07) is 0.188. The zero-order valence-electron chi connectivity index (χ0n) is 10.5. The van der Waals surface area contributed by atoms with Gasteiger partial charge in [0.1, 0.15) is 0 Å². The highest BCUT2D eigenvalue weighted by Gasteiger charge is 2.15. The lowest BCUT2D eigenvalue weighted by molar-refractivity contribution is -0.131. The first-order valence-corrected chi connectivity index (χ1v) is 6.09. The summed E-state index contributed by atoms with van der Waals surface area (Å²) in [4.78, 5) is 24.6. The SMILES string of the molecule is CCC(C)NC(=O)/C=C/CN1CCNCC1=O. The van der Waals surface area contributed by atoms with Crippen LogP contribution in [-0.4, -0.2) is 48.9 Å². The van der Waals surface area contributed by atoms with E-state index in [1.54, 1.807) is 11.0 Å². The molecule has 0 saturated carbocycles. The highest BCUT2D eigenvalue weighted by atomic mass is 16.2. The first-order chi connectivity index (χ1) is 8.13. The number of hydrogen-bond acceptors (Lipinski definition) is 3. The predicted molar refractivity (Wildman–Crippen MR) is 66.5 cm³/mol. The topological polar surface area (TPSA) is 61.4 Å². The van der Waals surface area contributed by atoms with Gasteiger partial charge < -0.3 is 15.5 Å². The first kappa shape index (κ1) is 13.7. The summed E-state index contributed by atoms with van der Waals surface area (Å²) in [7, 11) is 0. The fourth-order valence-electron chi connectivity index (χ4n) is 1.52. The summed E-state index contributed by atoms with van der Waals surface area (Å²) in [5.74, 6) is -0.00910. The second kappa shape index (κ2) is 7.06. The van der Waals surface area contributed by atoms with E-state index in [0.717, 1.165) is 13.0 Å². The van der Waals surface area contributed by atoms with E-state index in [0.29, 0.717) is 19.6 Å². The van der Waals surface area contributed by atoms with Crippen LogP contribution in [-0.2, 0) is 9.59 Å². The summed E-state index contributed by atoms with van der Waals surface area (Å²) < 4.78 is 0. The fourth-order valence-corrected chi connectivity index (χ4v) is 1.52. The summed E-state index contributed by atoms with van der Waals surface area (Å²) in [6.45, 7) is 6.41. The van der Waals surface area contributed by atoms with Crippen molar-refractivity contribution in [2.24, 2.45) is 0 Å². The second-order valence-electron chi connectivity index (χ2n) is 4.24. The van der Waals surface area contributed by atoms with E-state index >= 15 is 0 Å². The van der Waals surface area contributed by atoms with Gasteiger partial charge in [0, 0.05) is 31.8 Å². The Bertz CT molecular complexity index is 302. The van der Waals surface area contributed by atoms with Crippen molar-refractivity contribution in [1.82, 2.24) is 15.5 Å². The molecule has 1 aliphatic heterocycles. The predicted octanol–water partition coefficient (Wildman–Crippen LogP) is -0.111. The molecular weight excluding hydrogens is 218 g/mol. The maximum Gasteiger partial charge on any atom is 0.243 e. The van der Waals surface area contributed by atoms with Crippen molar-refractivity contribution < 1.29 is 9.59 Å². The van der Waals surface area contributed by atoms with Crippen LogP contribution in [0.1, 0.15) is 20.3 Å². The molecule has 5 heteroatoms. The molecular formula is C12H21N3O2. The van der Waals surface area contributed by atoms with E-state index in [1.165, 1.54) is 6.08 Å². The number of nitrogens with zero attached hydrogens (tertiary/aromatic N) is 1. The molecule has 1 atom stereocenters. The summed E-state index contributed by atoms with van der Waals surface area (Å²) in [5, 5.41) is 5.84. The van der Waals surface area contributed by atoms with Crippen LogP contribution in [0, 0.1) is 0 Å². The van der Waals surface area contributed by atoms with Crippen LogP contribution in [0.15, 0.2) is 12.2 Å². The molecule has 0 spiro atoms. The number of carbonyl (C=O) groups is 2. The number of rotatable bonds is 5. The highest BCUT2D eigenvalue weighted by molar-refractivity contribution is 5.87. The van der Waals surface area contributed by atoms with Crippen LogP contribution in [0.25, 0.3) is 0 Å². The number of nitrogens with one attached hydrogen (secondary N) is 2. The molecule has 0 aromatic rings. The molecule has 1 heterocycles. The zero-order valence-corrected chi connectivity index (χ0v) is 10.5. The van der Waals surface area contributed by atoms with Crippen molar-refractivity contribution in [3.8, 4) is 0 Å². The third kappa shape index (κ3) is 4.99. The number of piperazine rings is 1. The van der Waals surface area contributed by atoms with Gasteiger partial charge in [-0.15, -0.1) is 0 Å². The molecule has 0 aromatic carbocycles. The van der Waals surface area contributed by atoms with Crippen LogP contribution in [0.5, 0.6) is 0 Å². The average molecular weight is 239 g/mol. The van der Waals surface area contributed by atoms with Gasteiger partial charge in [-0.3, -0.25) is 9.59 Å². The highest BCUT2D eigenvalue weighted by Crippen LogP contribution is 1.94. The fraction of sp³-hybridized carbons (Fsp3) is 0.667. The Morgan fingerprint density at radius 2 is 2.41 bits per heavy atom. The van der Waals surface area contributed by atoms with Crippen molar-refractivity contribution in [2.45, 2.75) is 26.3 Å². The third-order valence-electron chi connectivity index (χ3n) is 2.78. The van der Waals surface area contributed by atoms with Gasteiger partial charge in [0.15, 0.2) is 0 Å². The quantitative estimate of drug-likeness (QED) is 0.658. The molecule has 1 unspecified atom stereocenters. The summed E-state index contributed by atoms with van der Waals surface area (Å²) in [6.07, 6.45) is 4.15. The lowest BCUT2D eigenvalue weighted by Gasteiger charge is -2.25. The van der Waals surface area contributed by atoms with E-state index in [-0.39, 0.29) is 17.9 Å². The molecule has 1 aliphatic rings. The second-order valence-corrected chi connectivity index (χ2v) is 4.24. The Hall–Kier alpha value is -1.36. The molecule has 0 bridgehead atoms. The van der Waals surface area contributed by atoms with Crippen LogP contribution in [0.4, 0.5) is 0 Å². The minimum absolute atomic E-state index is 0.0863. The van der Waals surface area contributed by atoms with Crippen molar-refractivity contribution in [1.29, 1.82) is 0 Å². The largest absolute Gasteiger partial charge is 0.350 e. The molecule has 1 saturated heterocycles. The third-order valence-corrected chi connectivity index (χ3v) is 2.78. The smallest absolute Gasteiger partial charge is 0.243 e. The number of carbonyl (C=O) groups excluding carboxylic acids is 2. The molecule has 2 N–H and O–H groups in total. The molecule has 0 aliphatic carbocycles. The molecule has 2 amide bonds. The molecule has 5 nitrogen and oxygen atoms in total. The minimum atomic E-state index is -0.0954. The molecule has 17 heavy (non-hydrogen) atoms. The number of hydrogen-bond donors (Lipinski definition) is 2. The molecule has 0 aromatic heterocycles. The van der Waals surface area contributed by atoms with Crippen LogP contribution >= 0.6 is 0 Å². The molecule has 1 fully saturated rings. The van der Waals surface area contributed by atoms with Gasteiger partial charge in [-0.2, -0.15) is 0 Å². The molecule has 1 rings (SSSR count). The van der Waals surface area contributed by atoms with E-state index in [1.807, 2.05) is 13.8 Å². The Balaban J connectivity index is 2.29. The monoisotopic (exact) mass is 239 g/mol. The summed E-state index contributed by atoms with van der Waals surface area (Å²) >= 11 is 0. The normalized spacial score (nSPS) is 18.5. The number of amides is 2. The van der Waals surface area contributed by atoms with Crippen molar-refractivity contribution in [3.63, 3.8) is 0 Å². The van der Waals surface area contributed by atoms with Gasteiger partial charge in [0.05, 0.1) is 6.54 Å². The van der Waals surface area contributed by atoms with Gasteiger partial charge in [-0.25, -0.2) is 0 Å². The standard InChI is InChI=1S/C12H21N3O2/c1-3-10(2)14-11(16)5-4-7-15-8-6-13-9-12(15)17/h4-5,10,13H,3,6-9H2,1-2H3,(H,14,16)/b5-4+. The van der Waals surface area contributed by atoms with E-state index in [2.05, 4.69) is 10.6 Å². The van der Waals surface area contributed by atoms with E-state index in [4.69, 9.17) is 0 Å². The molecule has 0 radical (unpaired) electrons. The summed E-state index contributed by atoms with van der Waals surface area (Å²) in [5.41, 5.74) is 0. The van der Waals surface area contributed by atoms with Crippen LogP contribution in [0.2, 0.25) is 0 Å². The Morgan fingerprint density at radius 1 is 1.65 bits per heavy atom. The van der Waals surface area contributed by atoms with Crippen molar-refractivity contribution in [2.75, 3.05) is 26.2 Å². The Morgan fingerprint density at radius 3 is 3.06 bits per heavy atom. The average Bonchev–Trinajstić information content (AvgIpc) is 2.31. The lowest BCUT2D eigenvalue weighted by atomic mass is 10.2. The maximum absolute atomic E-state index is 11.4. The van der Waals surface area contributed by atoms with Gasteiger partial charge in [0.2, 0.25) is 11.8 Å². The Kier molecular flexibility index (Phi) is 5.69. The first-order valence-electron chi connectivity index (χ1n) is 6.09. The Labute approximate surface area is 102 Å². The molecule has 96 valence electrons. The van der Waals surface area contributed by atoms with Crippen molar-refractivity contribution >= 4 is 11.8 Å². The zero-order chi connectivity index (χ0) is 12.7. The van der Waals surface area contributed by atoms with Gasteiger partial charge >= 0.3 is 0 Å². The van der Waals surface area contributed by atoms with E-state index < -0.39 is 0 Å². The van der Waals surface area contributed by atoms with Crippen LogP contribution < -0.4 is 10.6 Å². The lowest BCUT2D eigenvalue weighted by Crippen LogP contribution is -2.47. The van der Waals surface area contributed by atoms with Crippen molar-refractivity contribution in [3.05, 3.63) is 12.2 Å². The minimum Gasteiger partial charge on any atom is -0.350 e. The van der Waals surface area contributed by atoms with E-state index in [9.17, 15) is 9.59 Å². The van der Waals surface area contributed by atoms with Gasteiger partial charge in [-0.05, 0) is 13.3 Å². The van der Waals surface area contributed by atoms with Gasteiger partial charge in [0.25, 0.3) is 0 Å². The van der Waals surface area contributed by atoms with Crippen LogP contribution in [0.3, 0.4) is 0 Å².